The molecule has 1 N–H and O–H groups in total. The molecule has 1 aromatic heterocycles. The average molecular weight is 257 g/mol. The molecule has 1 unspecified atom stereocenters. The minimum atomic E-state index is 0.421. The zero-order chi connectivity index (χ0) is 13.2. The Labute approximate surface area is 113 Å². The molecule has 1 aliphatic heterocycles. The fraction of sp³-hybridized carbons (Fsp3) is 0.400. The van der Waals surface area contributed by atoms with Crippen LogP contribution in [0.5, 0.6) is 5.75 Å². The summed E-state index contributed by atoms with van der Waals surface area (Å²) in [5.74, 6) is 0.921. The van der Waals surface area contributed by atoms with Crippen molar-refractivity contribution in [3.05, 3.63) is 42.0 Å². The lowest BCUT2D eigenvalue weighted by Crippen LogP contribution is -2.16. The summed E-state index contributed by atoms with van der Waals surface area (Å²) in [5.41, 5.74) is 3.51. The molecule has 0 aliphatic carbocycles. The highest BCUT2D eigenvalue weighted by Crippen LogP contribution is 2.27. The first-order chi connectivity index (χ1) is 9.29. The zero-order valence-corrected chi connectivity index (χ0v) is 11.4. The normalized spacial score (nSPS) is 18.7. The predicted octanol–water partition coefficient (Wildman–Crippen LogP) is 2.61. The Morgan fingerprint density at radius 2 is 2.32 bits per heavy atom. The molecule has 0 amide bonds. The quantitative estimate of drug-likeness (QED) is 0.918. The van der Waals surface area contributed by atoms with E-state index in [1.54, 1.807) is 7.11 Å². The van der Waals surface area contributed by atoms with Gasteiger partial charge >= 0.3 is 0 Å². The largest absolute Gasteiger partial charge is 0.496 e. The van der Waals surface area contributed by atoms with E-state index in [1.165, 1.54) is 18.5 Å². The van der Waals surface area contributed by atoms with Crippen LogP contribution in [0, 0.1) is 6.92 Å². The Hall–Kier alpha value is -1.81. The highest BCUT2D eigenvalue weighted by atomic mass is 16.5. The van der Waals surface area contributed by atoms with Gasteiger partial charge in [0.05, 0.1) is 25.3 Å². The Morgan fingerprint density at radius 3 is 3.00 bits per heavy atom. The first-order valence-electron chi connectivity index (χ1n) is 6.70. The highest BCUT2D eigenvalue weighted by molar-refractivity contribution is 5.44. The molecule has 2 heterocycles. The van der Waals surface area contributed by atoms with Crippen LogP contribution in [0.1, 0.15) is 30.1 Å². The summed E-state index contributed by atoms with van der Waals surface area (Å²) in [4.78, 5) is 4.31. The molecule has 100 valence electrons. The van der Waals surface area contributed by atoms with Crippen LogP contribution in [0.15, 0.2) is 30.7 Å². The van der Waals surface area contributed by atoms with Gasteiger partial charge in [0, 0.05) is 11.7 Å². The number of nitrogens with one attached hydrogen (secondary N) is 1. The third-order valence-electron chi connectivity index (χ3n) is 3.74. The molecule has 4 nitrogen and oxygen atoms in total. The van der Waals surface area contributed by atoms with Gasteiger partial charge in [-0.1, -0.05) is 0 Å². The van der Waals surface area contributed by atoms with E-state index in [9.17, 15) is 0 Å². The number of rotatable bonds is 3. The van der Waals surface area contributed by atoms with E-state index >= 15 is 0 Å². The summed E-state index contributed by atoms with van der Waals surface area (Å²) in [5, 5.41) is 3.52. The second-order valence-electron chi connectivity index (χ2n) is 4.99. The summed E-state index contributed by atoms with van der Waals surface area (Å²) < 4.78 is 7.47. The van der Waals surface area contributed by atoms with Crippen LogP contribution in [-0.4, -0.2) is 23.2 Å². The lowest BCUT2D eigenvalue weighted by molar-refractivity contribution is 0.411. The standard InChI is InChI=1S/C15H19N3O/c1-11-8-12(5-6-15(11)19-2)18-10-16-9-14(18)13-4-3-7-17-13/h5-6,8-10,13,17H,3-4,7H2,1-2H3. The Bertz CT molecular complexity index is 571. The first kappa shape index (κ1) is 12.2. The van der Waals surface area contributed by atoms with E-state index < -0.39 is 0 Å². The molecule has 3 rings (SSSR count). The number of aromatic nitrogens is 2. The summed E-state index contributed by atoms with van der Waals surface area (Å²) in [6, 6.07) is 6.64. The van der Waals surface area contributed by atoms with Gasteiger partial charge in [-0.3, -0.25) is 0 Å². The van der Waals surface area contributed by atoms with Crippen molar-refractivity contribution >= 4 is 0 Å². The van der Waals surface area contributed by atoms with Crippen LogP contribution in [0.2, 0.25) is 0 Å². The van der Waals surface area contributed by atoms with Gasteiger partial charge in [0.25, 0.3) is 0 Å². The molecule has 2 aromatic rings. The average Bonchev–Trinajstić information content (AvgIpc) is 3.09. The fourth-order valence-electron chi connectivity index (χ4n) is 2.73. The summed E-state index contributed by atoms with van der Waals surface area (Å²) in [6.45, 7) is 3.16. The SMILES string of the molecule is COc1ccc(-n2cncc2C2CCCN2)cc1C. The first-order valence-corrected chi connectivity index (χ1v) is 6.70. The molecule has 4 heteroatoms. The van der Waals surface area contributed by atoms with Gasteiger partial charge in [-0.25, -0.2) is 4.98 Å². The number of imidazole rings is 1. The van der Waals surface area contributed by atoms with E-state index in [0.717, 1.165) is 23.5 Å². The van der Waals surface area contributed by atoms with E-state index in [0.29, 0.717) is 6.04 Å². The van der Waals surface area contributed by atoms with Crippen molar-refractivity contribution in [1.29, 1.82) is 0 Å². The number of aryl methyl sites for hydroxylation is 1. The number of hydrogen-bond acceptors (Lipinski definition) is 3. The molecule has 0 bridgehead atoms. The lowest BCUT2D eigenvalue weighted by Gasteiger charge is -2.15. The molecular weight excluding hydrogens is 238 g/mol. The van der Waals surface area contributed by atoms with Gasteiger partial charge in [-0.2, -0.15) is 0 Å². The van der Waals surface area contributed by atoms with E-state index in [1.807, 2.05) is 18.6 Å². The van der Waals surface area contributed by atoms with Crippen molar-refractivity contribution in [2.75, 3.05) is 13.7 Å². The van der Waals surface area contributed by atoms with Gasteiger partial charge in [-0.05, 0) is 50.1 Å². The van der Waals surface area contributed by atoms with Crippen LogP contribution >= 0.6 is 0 Å². The second-order valence-corrected chi connectivity index (χ2v) is 4.99. The third kappa shape index (κ3) is 2.24. The van der Waals surface area contributed by atoms with Crippen molar-refractivity contribution in [3.63, 3.8) is 0 Å². The van der Waals surface area contributed by atoms with Gasteiger partial charge < -0.3 is 14.6 Å². The Balaban J connectivity index is 1.98. The van der Waals surface area contributed by atoms with E-state index in [-0.39, 0.29) is 0 Å². The number of methoxy groups -OCH3 is 1. The molecule has 0 saturated carbocycles. The van der Waals surface area contributed by atoms with Gasteiger partial charge in [0.2, 0.25) is 0 Å². The van der Waals surface area contributed by atoms with Crippen molar-refractivity contribution in [1.82, 2.24) is 14.9 Å². The topological polar surface area (TPSA) is 39.1 Å². The third-order valence-corrected chi connectivity index (χ3v) is 3.74. The molecule has 19 heavy (non-hydrogen) atoms. The van der Waals surface area contributed by atoms with Gasteiger partial charge in [-0.15, -0.1) is 0 Å². The zero-order valence-electron chi connectivity index (χ0n) is 11.4. The summed E-state index contributed by atoms with van der Waals surface area (Å²) in [7, 11) is 1.70. The predicted molar refractivity (Wildman–Crippen MR) is 74.8 cm³/mol. The maximum absolute atomic E-state index is 5.31. The molecule has 0 radical (unpaired) electrons. The summed E-state index contributed by atoms with van der Waals surface area (Å²) in [6.07, 6.45) is 6.26. The molecule has 1 saturated heterocycles. The molecule has 1 atom stereocenters. The lowest BCUT2D eigenvalue weighted by atomic mass is 10.1. The van der Waals surface area contributed by atoms with Crippen molar-refractivity contribution in [3.8, 4) is 11.4 Å². The number of ether oxygens (including phenoxy) is 1. The minimum Gasteiger partial charge on any atom is -0.496 e. The molecule has 0 spiro atoms. The van der Waals surface area contributed by atoms with Crippen LogP contribution in [0.3, 0.4) is 0 Å². The van der Waals surface area contributed by atoms with Crippen molar-refractivity contribution < 1.29 is 4.74 Å². The number of nitrogens with zero attached hydrogens (tertiary/aromatic N) is 2. The van der Waals surface area contributed by atoms with Gasteiger partial charge in [0.1, 0.15) is 5.75 Å². The minimum absolute atomic E-state index is 0.421. The molecule has 1 aromatic carbocycles. The van der Waals surface area contributed by atoms with Crippen LogP contribution in [0.25, 0.3) is 5.69 Å². The summed E-state index contributed by atoms with van der Waals surface area (Å²) >= 11 is 0. The van der Waals surface area contributed by atoms with Crippen LogP contribution in [0.4, 0.5) is 0 Å². The van der Waals surface area contributed by atoms with E-state index in [4.69, 9.17) is 4.74 Å². The van der Waals surface area contributed by atoms with Crippen LogP contribution in [-0.2, 0) is 0 Å². The van der Waals surface area contributed by atoms with Crippen LogP contribution < -0.4 is 10.1 Å². The molecule has 1 fully saturated rings. The number of hydrogen-bond donors (Lipinski definition) is 1. The monoisotopic (exact) mass is 257 g/mol. The maximum Gasteiger partial charge on any atom is 0.121 e. The second kappa shape index (κ2) is 5.05. The van der Waals surface area contributed by atoms with Crippen molar-refractivity contribution in [2.24, 2.45) is 0 Å². The van der Waals surface area contributed by atoms with Crippen molar-refractivity contribution in [2.45, 2.75) is 25.8 Å². The highest BCUT2D eigenvalue weighted by Gasteiger charge is 2.20. The van der Waals surface area contributed by atoms with Gasteiger partial charge in [0.15, 0.2) is 0 Å². The smallest absolute Gasteiger partial charge is 0.121 e. The Kier molecular flexibility index (Phi) is 3.25. The molecule has 1 aliphatic rings. The maximum atomic E-state index is 5.31. The molecular formula is C15H19N3O. The fourth-order valence-corrected chi connectivity index (χ4v) is 2.73. The van der Waals surface area contributed by atoms with E-state index in [2.05, 4.69) is 33.9 Å². The number of benzene rings is 1. The Morgan fingerprint density at radius 1 is 1.42 bits per heavy atom.